The molecule has 1 aliphatic heterocycles. The molecule has 5 nitrogen and oxygen atoms in total. The number of aliphatic carboxylic acids is 1. The molecule has 0 aromatic carbocycles. The second kappa shape index (κ2) is 2.45. The number of carboxylic acid groups (broad SMARTS) is 1. The highest BCUT2D eigenvalue weighted by Gasteiger charge is 2.63. The zero-order valence-electron chi connectivity index (χ0n) is 7.70. The Morgan fingerprint density at radius 1 is 1.54 bits per heavy atom. The molecule has 0 amide bonds. The molecule has 0 radical (unpaired) electrons. The van der Waals surface area contributed by atoms with E-state index in [2.05, 4.69) is 4.74 Å². The molecule has 3 atom stereocenters. The van der Waals surface area contributed by atoms with E-state index in [9.17, 15) is 14.7 Å². The van der Waals surface area contributed by atoms with E-state index in [0.29, 0.717) is 0 Å². The van der Waals surface area contributed by atoms with E-state index in [0.717, 1.165) is 0 Å². The summed E-state index contributed by atoms with van der Waals surface area (Å²) >= 11 is 0. The summed E-state index contributed by atoms with van der Waals surface area (Å²) in [7, 11) is 0. The largest absolute Gasteiger partial charge is 0.478 e. The number of carbonyl (C=O) groups is 2. The molecule has 74 valence electrons. The Balaban J connectivity index is 3.17. The van der Waals surface area contributed by atoms with E-state index in [1.807, 2.05) is 0 Å². The lowest BCUT2D eigenvalue weighted by Crippen LogP contribution is -2.54. The molecule has 2 N–H and O–H groups in total. The van der Waals surface area contributed by atoms with Gasteiger partial charge in [-0.25, -0.2) is 4.79 Å². The minimum Gasteiger partial charge on any atom is -0.478 e. The third-order valence-corrected chi connectivity index (χ3v) is 2.88. The average Bonchev–Trinajstić information content (AvgIpc) is 2.14. The summed E-state index contributed by atoms with van der Waals surface area (Å²) in [5, 5.41) is 18.6. The zero-order chi connectivity index (χ0) is 10.4. The monoisotopic (exact) mass is 188 g/mol. The quantitative estimate of drug-likeness (QED) is 0.555. The maximum atomic E-state index is 11.1. The summed E-state index contributed by atoms with van der Waals surface area (Å²) in [6, 6.07) is 0. The predicted octanol–water partition coefficient (Wildman–Crippen LogP) is -0.226. The highest BCUT2D eigenvalue weighted by molar-refractivity contribution is 5.89. The molecule has 0 unspecified atom stereocenters. The van der Waals surface area contributed by atoms with Crippen LogP contribution in [0.15, 0.2) is 0 Å². The first kappa shape index (κ1) is 9.98. The first-order valence-corrected chi connectivity index (χ1v) is 3.92. The second-order valence-electron chi connectivity index (χ2n) is 3.63. The number of aliphatic hydroxyl groups is 1. The lowest BCUT2D eigenvalue weighted by Gasteiger charge is -2.31. The van der Waals surface area contributed by atoms with Gasteiger partial charge in [0.2, 0.25) is 5.60 Å². The molecule has 5 heteroatoms. The fraction of sp³-hybridized carbons (Fsp3) is 0.750. The first-order chi connectivity index (χ1) is 5.73. The van der Waals surface area contributed by atoms with Crippen LogP contribution >= 0.6 is 0 Å². The van der Waals surface area contributed by atoms with Crippen molar-refractivity contribution in [3.05, 3.63) is 0 Å². The topological polar surface area (TPSA) is 83.8 Å². The second-order valence-corrected chi connectivity index (χ2v) is 3.63. The van der Waals surface area contributed by atoms with Crippen LogP contribution < -0.4 is 0 Å². The third-order valence-electron chi connectivity index (χ3n) is 2.88. The molecule has 0 saturated carbocycles. The lowest BCUT2D eigenvalue weighted by atomic mass is 9.80. The van der Waals surface area contributed by atoms with Crippen LogP contribution in [-0.4, -0.2) is 33.4 Å². The summed E-state index contributed by atoms with van der Waals surface area (Å²) < 4.78 is 4.65. The van der Waals surface area contributed by atoms with Gasteiger partial charge in [0.25, 0.3) is 0 Å². The summed E-state index contributed by atoms with van der Waals surface area (Å²) in [5.41, 5.74) is -3.51. The van der Waals surface area contributed by atoms with Gasteiger partial charge in [-0.15, -0.1) is 0 Å². The highest BCUT2D eigenvalue weighted by Crippen LogP contribution is 2.40. The maximum Gasteiger partial charge on any atom is 0.350 e. The van der Waals surface area contributed by atoms with Crippen molar-refractivity contribution in [2.75, 3.05) is 0 Å². The van der Waals surface area contributed by atoms with Gasteiger partial charge in [0, 0.05) is 0 Å². The number of rotatable bonds is 1. The lowest BCUT2D eigenvalue weighted by molar-refractivity contribution is -0.181. The minimum atomic E-state index is -1.84. The molecule has 13 heavy (non-hydrogen) atoms. The Labute approximate surface area is 75.3 Å². The van der Waals surface area contributed by atoms with Crippen molar-refractivity contribution < 1.29 is 24.5 Å². The van der Waals surface area contributed by atoms with Gasteiger partial charge in [-0.05, 0) is 20.8 Å². The van der Waals surface area contributed by atoms with Crippen LogP contribution in [0.2, 0.25) is 0 Å². The fourth-order valence-electron chi connectivity index (χ4n) is 1.30. The number of carbonyl (C=O) groups excluding carboxylic acids is 1. The van der Waals surface area contributed by atoms with Gasteiger partial charge < -0.3 is 14.9 Å². The van der Waals surface area contributed by atoms with Crippen LogP contribution in [0.1, 0.15) is 20.8 Å². The van der Waals surface area contributed by atoms with E-state index >= 15 is 0 Å². The molecular formula is C8H12O5. The normalized spacial score (nSPS) is 44.6. The standard InChI is InChI=1S/C8H12O5/c1-4-5(9)13-8(3,6(10)11)7(4,2)12/h4,12H,1-3H3,(H,10,11)/t4-,7+,8+/m1/s1. The van der Waals surface area contributed by atoms with Gasteiger partial charge in [0.15, 0.2) is 0 Å². The molecule has 1 rings (SSSR count). The fourth-order valence-corrected chi connectivity index (χ4v) is 1.30. The average molecular weight is 188 g/mol. The first-order valence-electron chi connectivity index (χ1n) is 3.92. The van der Waals surface area contributed by atoms with Crippen molar-refractivity contribution in [2.24, 2.45) is 5.92 Å². The SMILES string of the molecule is C[C@@H]1C(=O)O[C@@](C)(C(=O)O)[C@@]1(C)O. The van der Waals surface area contributed by atoms with Gasteiger partial charge in [-0.1, -0.05) is 0 Å². The molecule has 0 aromatic heterocycles. The van der Waals surface area contributed by atoms with Crippen molar-refractivity contribution in [3.8, 4) is 0 Å². The van der Waals surface area contributed by atoms with Crippen molar-refractivity contribution in [1.29, 1.82) is 0 Å². The summed E-state index contributed by atoms with van der Waals surface area (Å²) in [5.74, 6) is -2.85. The number of hydrogen-bond donors (Lipinski definition) is 2. The summed E-state index contributed by atoms with van der Waals surface area (Å²) in [4.78, 5) is 21.9. The number of ether oxygens (including phenoxy) is 1. The van der Waals surface area contributed by atoms with Crippen LogP contribution in [-0.2, 0) is 14.3 Å². The Hall–Kier alpha value is -1.10. The van der Waals surface area contributed by atoms with E-state index < -0.39 is 29.1 Å². The third kappa shape index (κ3) is 1.03. The van der Waals surface area contributed by atoms with Gasteiger partial charge in [-0.2, -0.15) is 0 Å². The van der Waals surface area contributed by atoms with E-state index in [1.54, 1.807) is 0 Å². The molecule has 1 saturated heterocycles. The molecule has 0 aliphatic carbocycles. The van der Waals surface area contributed by atoms with Crippen molar-refractivity contribution in [1.82, 2.24) is 0 Å². The summed E-state index contributed by atoms with van der Waals surface area (Å²) in [6.45, 7) is 3.92. The highest BCUT2D eigenvalue weighted by atomic mass is 16.6. The van der Waals surface area contributed by atoms with Crippen LogP contribution in [0.5, 0.6) is 0 Å². The Morgan fingerprint density at radius 2 is 2.00 bits per heavy atom. The minimum absolute atomic E-state index is 0.685. The van der Waals surface area contributed by atoms with Gasteiger partial charge in [0.05, 0.1) is 5.92 Å². The number of hydrogen-bond acceptors (Lipinski definition) is 4. The molecule has 1 fully saturated rings. The molecular weight excluding hydrogens is 176 g/mol. The Morgan fingerprint density at radius 3 is 2.15 bits per heavy atom. The molecule has 1 aliphatic rings. The van der Waals surface area contributed by atoms with Crippen molar-refractivity contribution >= 4 is 11.9 Å². The van der Waals surface area contributed by atoms with Gasteiger partial charge in [0.1, 0.15) is 5.60 Å². The van der Waals surface area contributed by atoms with Crippen LogP contribution in [0.4, 0.5) is 0 Å². The molecule has 0 spiro atoms. The molecule has 1 heterocycles. The van der Waals surface area contributed by atoms with Crippen molar-refractivity contribution in [3.63, 3.8) is 0 Å². The number of esters is 1. The van der Waals surface area contributed by atoms with Gasteiger partial charge >= 0.3 is 11.9 Å². The van der Waals surface area contributed by atoms with Crippen LogP contribution in [0.25, 0.3) is 0 Å². The number of cyclic esters (lactones) is 1. The molecule has 0 bridgehead atoms. The van der Waals surface area contributed by atoms with E-state index in [-0.39, 0.29) is 0 Å². The van der Waals surface area contributed by atoms with Crippen LogP contribution in [0.3, 0.4) is 0 Å². The smallest absolute Gasteiger partial charge is 0.350 e. The number of carboxylic acids is 1. The summed E-state index contributed by atoms with van der Waals surface area (Å²) in [6.07, 6.45) is 0. The maximum absolute atomic E-state index is 11.1. The van der Waals surface area contributed by atoms with Gasteiger partial charge in [-0.3, -0.25) is 4.79 Å². The van der Waals surface area contributed by atoms with Crippen LogP contribution in [0, 0.1) is 5.92 Å². The molecule has 0 aromatic rings. The Kier molecular flexibility index (Phi) is 1.88. The predicted molar refractivity (Wildman–Crippen MR) is 41.9 cm³/mol. The van der Waals surface area contributed by atoms with Crippen molar-refractivity contribution in [2.45, 2.75) is 32.0 Å². The van der Waals surface area contributed by atoms with E-state index in [1.165, 1.54) is 20.8 Å². The zero-order valence-corrected chi connectivity index (χ0v) is 7.70. The van der Waals surface area contributed by atoms with E-state index in [4.69, 9.17) is 5.11 Å². The Bertz CT molecular complexity index is 268.